The van der Waals surface area contributed by atoms with Crippen molar-refractivity contribution in [3.63, 3.8) is 0 Å². The molecule has 25 heavy (non-hydrogen) atoms. The summed E-state index contributed by atoms with van der Waals surface area (Å²) in [6.45, 7) is 8.52. The maximum Gasteiger partial charge on any atom is 0.240 e. The van der Waals surface area contributed by atoms with Gasteiger partial charge in [-0.2, -0.15) is 4.98 Å². The van der Waals surface area contributed by atoms with Crippen molar-refractivity contribution in [3.05, 3.63) is 11.7 Å². The number of nitrogens with zero attached hydrogens (tertiary/aromatic N) is 4. The Morgan fingerprint density at radius 1 is 1.24 bits per heavy atom. The second kappa shape index (κ2) is 7.01. The van der Waals surface area contributed by atoms with Crippen LogP contribution in [0.4, 0.5) is 0 Å². The van der Waals surface area contributed by atoms with E-state index in [1.165, 1.54) is 12.8 Å². The SMILES string of the molecule is CC(C)c1noc(CN2CCN(C3NC(=O)CC(C4CC4)N3)CC2)n1. The number of carbonyl (C=O) groups is 1. The standard InChI is InChI=1S/C17H28N6O2/c1-11(2)16-20-15(25-21-16)10-22-5-7-23(8-6-22)17-18-13(12-3-4-12)9-14(24)19-17/h11-13,17-18H,3-10H2,1-2H3,(H,19,24). The second-order valence-electron chi connectivity index (χ2n) is 7.80. The first kappa shape index (κ1) is 16.9. The van der Waals surface area contributed by atoms with Gasteiger partial charge in [0, 0.05) is 44.6 Å². The summed E-state index contributed by atoms with van der Waals surface area (Å²) in [6.07, 6.45) is 3.11. The van der Waals surface area contributed by atoms with E-state index in [1.807, 2.05) is 0 Å². The highest BCUT2D eigenvalue weighted by atomic mass is 16.5. The van der Waals surface area contributed by atoms with E-state index >= 15 is 0 Å². The van der Waals surface area contributed by atoms with E-state index in [-0.39, 0.29) is 18.1 Å². The van der Waals surface area contributed by atoms with Crippen LogP contribution in [0.15, 0.2) is 4.52 Å². The van der Waals surface area contributed by atoms with Gasteiger partial charge in [-0.25, -0.2) is 0 Å². The summed E-state index contributed by atoms with van der Waals surface area (Å²) in [6, 6.07) is 0.352. The van der Waals surface area contributed by atoms with E-state index < -0.39 is 0 Å². The average Bonchev–Trinajstić information content (AvgIpc) is 3.34. The van der Waals surface area contributed by atoms with Gasteiger partial charge in [-0.15, -0.1) is 0 Å². The van der Waals surface area contributed by atoms with Crippen molar-refractivity contribution in [1.29, 1.82) is 0 Å². The summed E-state index contributed by atoms with van der Waals surface area (Å²) < 4.78 is 5.35. The zero-order valence-electron chi connectivity index (χ0n) is 15.1. The van der Waals surface area contributed by atoms with Crippen molar-refractivity contribution in [3.8, 4) is 0 Å². The van der Waals surface area contributed by atoms with Crippen LogP contribution in [0.5, 0.6) is 0 Å². The molecule has 2 saturated heterocycles. The lowest BCUT2D eigenvalue weighted by Gasteiger charge is -2.42. The van der Waals surface area contributed by atoms with Gasteiger partial charge >= 0.3 is 0 Å². The Bertz CT molecular complexity index is 606. The molecule has 0 spiro atoms. The first-order valence-corrected chi connectivity index (χ1v) is 9.43. The Kier molecular flexibility index (Phi) is 4.75. The highest BCUT2D eigenvalue weighted by Gasteiger charge is 2.39. The van der Waals surface area contributed by atoms with Crippen LogP contribution in [-0.4, -0.2) is 64.4 Å². The minimum atomic E-state index is -0.0232. The third kappa shape index (κ3) is 4.02. The smallest absolute Gasteiger partial charge is 0.240 e. The molecule has 8 nitrogen and oxygen atoms in total. The lowest BCUT2D eigenvalue weighted by atomic mass is 10.1. The van der Waals surface area contributed by atoms with Crippen LogP contribution in [0.1, 0.15) is 50.7 Å². The molecule has 0 radical (unpaired) electrons. The molecular formula is C17H28N6O2. The Balaban J connectivity index is 1.28. The molecule has 8 heteroatoms. The largest absolute Gasteiger partial charge is 0.338 e. The number of rotatable bonds is 5. The van der Waals surface area contributed by atoms with Gasteiger partial charge in [0.1, 0.15) is 6.29 Å². The molecule has 1 saturated carbocycles. The lowest BCUT2D eigenvalue weighted by molar-refractivity contribution is -0.127. The van der Waals surface area contributed by atoms with Crippen molar-refractivity contribution in [2.45, 2.75) is 57.9 Å². The lowest BCUT2D eigenvalue weighted by Crippen LogP contribution is -2.66. The number of piperazine rings is 1. The second-order valence-corrected chi connectivity index (χ2v) is 7.80. The summed E-state index contributed by atoms with van der Waals surface area (Å²) in [4.78, 5) is 21.1. The minimum Gasteiger partial charge on any atom is -0.338 e. The van der Waals surface area contributed by atoms with Gasteiger partial charge in [-0.1, -0.05) is 19.0 Å². The minimum absolute atomic E-state index is 0.0232. The summed E-state index contributed by atoms with van der Waals surface area (Å²) in [5, 5.41) is 10.8. The third-order valence-corrected chi connectivity index (χ3v) is 5.40. The molecule has 1 amide bonds. The molecule has 0 bridgehead atoms. The fourth-order valence-corrected chi connectivity index (χ4v) is 3.65. The molecule has 0 aromatic carbocycles. The fraction of sp³-hybridized carbons (Fsp3) is 0.824. The van der Waals surface area contributed by atoms with E-state index in [2.05, 4.69) is 44.4 Å². The molecule has 3 aliphatic rings. The molecule has 138 valence electrons. The maximum atomic E-state index is 12.0. The van der Waals surface area contributed by atoms with E-state index in [0.717, 1.165) is 32.0 Å². The van der Waals surface area contributed by atoms with Crippen LogP contribution in [-0.2, 0) is 11.3 Å². The normalized spacial score (nSPS) is 29.2. The van der Waals surface area contributed by atoms with Crippen LogP contribution in [0.25, 0.3) is 0 Å². The zero-order valence-corrected chi connectivity index (χ0v) is 15.1. The Hall–Kier alpha value is -1.51. The average molecular weight is 348 g/mol. The molecule has 1 aromatic heterocycles. The Morgan fingerprint density at radius 2 is 2.00 bits per heavy atom. The first-order chi connectivity index (χ1) is 12.1. The molecule has 2 aliphatic heterocycles. The molecule has 1 aromatic rings. The maximum absolute atomic E-state index is 12.0. The van der Waals surface area contributed by atoms with Gasteiger partial charge in [-0.05, 0) is 18.8 Å². The topological polar surface area (TPSA) is 86.5 Å². The zero-order chi connectivity index (χ0) is 17.4. The predicted molar refractivity (Wildman–Crippen MR) is 91.4 cm³/mol. The van der Waals surface area contributed by atoms with Crippen molar-refractivity contribution >= 4 is 5.91 Å². The van der Waals surface area contributed by atoms with Crippen molar-refractivity contribution in [2.75, 3.05) is 26.2 Å². The van der Waals surface area contributed by atoms with Crippen molar-refractivity contribution in [1.82, 2.24) is 30.6 Å². The number of carbonyl (C=O) groups excluding carboxylic acids is 1. The quantitative estimate of drug-likeness (QED) is 0.800. The first-order valence-electron chi connectivity index (χ1n) is 9.43. The summed E-state index contributed by atoms with van der Waals surface area (Å²) >= 11 is 0. The molecule has 3 fully saturated rings. The fourth-order valence-electron chi connectivity index (χ4n) is 3.65. The number of aromatic nitrogens is 2. The Morgan fingerprint density at radius 3 is 2.64 bits per heavy atom. The molecule has 2 unspecified atom stereocenters. The van der Waals surface area contributed by atoms with E-state index in [9.17, 15) is 4.79 Å². The molecule has 2 atom stereocenters. The monoisotopic (exact) mass is 348 g/mol. The van der Waals surface area contributed by atoms with Crippen LogP contribution in [0.2, 0.25) is 0 Å². The van der Waals surface area contributed by atoms with Crippen LogP contribution in [0.3, 0.4) is 0 Å². The highest BCUT2D eigenvalue weighted by molar-refractivity contribution is 5.77. The molecular weight excluding hydrogens is 320 g/mol. The molecule has 2 N–H and O–H groups in total. The molecule has 1 aliphatic carbocycles. The van der Waals surface area contributed by atoms with Crippen molar-refractivity contribution < 1.29 is 9.32 Å². The van der Waals surface area contributed by atoms with E-state index in [1.54, 1.807) is 0 Å². The van der Waals surface area contributed by atoms with E-state index in [0.29, 0.717) is 30.8 Å². The molecule has 4 rings (SSSR count). The van der Waals surface area contributed by atoms with Crippen molar-refractivity contribution in [2.24, 2.45) is 5.92 Å². The number of hydrogen-bond acceptors (Lipinski definition) is 7. The highest BCUT2D eigenvalue weighted by Crippen LogP contribution is 2.35. The molecule has 3 heterocycles. The van der Waals surface area contributed by atoms with Crippen LogP contribution >= 0.6 is 0 Å². The van der Waals surface area contributed by atoms with E-state index in [4.69, 9.17) is 4.52 Å². The summed E-state index contributed by atoms with van der Waals surface area (Å²) in [5.74, 6) is 2.62. The van der Waals surface area contributed by atoms with Gasteiger partial charge in [0.25, 0.3) is 0 Å². The number of hydrogen-bond donors (Lipinski definition) is 2. The number of amides is 1. The van der Waals surface area contributed by atoms with Gasteiger partial charge in [-0.3, -0.25) is 19.9 Å². The van der Waals surface area contributed by atoms with Gasteiger partial charge in [0.2, 0.25) is 11.8 Å². The van der Waals surface area contributed by atoms with Gasteiger partial charge < -0.3 is 9.84 Å². The summed E-state index contributed by atoms with van der Waals surface area (Å²) in [5.41, 5.74) is 0. The predicted octanol–water partition coefficient (Wildman–Crippen LogP) is 0.482. The van der Waals surface area contributed by atoms with Crippen LogP contribution in [0, 0.1) is 5.92 Å². The third-order valence-electron chi connectivity index (χ3n) is 5.40. The number of nitrogens with one attached hydrogen (secondary N) is 2. The van der Waals surface area contributed by atoms with Crippen LogP contribution < -0.4 is 10.6 Å². The Labute approximate surface area is 148 Å². The summed E-state index contributed by atoms with van der Waals surface area (Å²) in [7, 11) is 0. The van der Waals surface area contributed by atoms with Gasteiger partial charge in [0.15, 0.2) is 5.82 Å². The van der Waals surface area contributed by atoms with Gasteiger partial charge in [0.05, 0.1) is 6.54 Å².